The van der Waals surface area contributed by atoms with Crippen molar-refractivity contribution in [2.24, 2.45) is 5.92 Å². The van der Waals surface area contributed by atoms with E-state index in [9.17, 15) is 0 Å². The van der Waals surface area contributed by atoms with Gasteiger partial charge in [-0.2, -0.15) is 4.98 Å². The summed E-state index contributed by atoms with van der Waals surface area (Å²) >= 11 is 0. The molecule has 2 aliphatic rings. The van der Waals surface area contributed by atoms with Gasteiger partial charge in [-0.1, -0.05) is 35.5 Å². The van der Waals surface area contributed by atoms with Crippen LogP contribution < -0.4 is 0 Å². The Kier molecular flexibility index (Phi) is 3.94. The second-order valence-corrected chi connectivity index (χ2v) is 6.73. The Bertz CT molecular complexity index is 598. The molecule has 2 aromatic rings. The summed E-state index contributed by atoms with van der Waals surface area (Å²) in [6.07, 6.45) is 5.90. The minimum Gasteiger partial charge on any atom is -0.339 e. The van der Waals surface area contributed by atoms with E-state index in [2.05, 4.69) is 45.4 Å². The summed E-state index contributed by atoms with van der Waals surface area (Å²) in [4.78, 5) is 7.12. The van der Waals surface area contributed by atoms with E-state index in [1.54, 1.807) is 0 Å². The molecule has 1 aromatic carbocycles. The number of benzene rings is 1. The Labute approximate surface area is 131 Å². The van der Waals surface area contributed by atoms with Crippen molar-refractivity contribution in [2.75, 3.05) is 13.1 Å². The lowest BCUT2D eigenvalue weighted by Crippen LogP contribution is -2.33. The first-order valence-corrected chi connectivity index (χ1v) is 8.45. The minimum absolute atomic E-state index is 0.564. The summed E-state index contributed by atoms with van der Waals surface area (Å²) in [5.74, 6) is 3.06. The highest BCUT2D eigenvalue weighted by atomic mass is 16.5. The molecular formula is C18H23N3O. The van der Waals surface area contributed by atoms with Gasteiger partial charge in [0, 0.05) is 18.9 Å². The second-order valence-electron chi connectivity index (χ2n) is 6.73. The predicted molar refractivity (Wildman–Crippen MR) is 84.4 cm³/mol. The summed E-state index contributed by atoms with van der Waals surface area (Å²) in [6, 6.07) is 10.7. The first-order valence-electron chi connectivity index (χ1n) is 8.45. The van der Waals surface area contributed by atoms with Gasteiger partial charge in [0.25, 0.3) is 0 Å². The van der Waals surface area contributed by atoms with Gasteiger partial charge in [0.15, 0.2) is 5.82 Å². The lowest BCUT2D eigenvalue weighted by molar-refractivity contribution is 0.175. The molecule has 1 aromatic heterocycles. The Hall–Kier alpha value is -1.68. The second kappa shape index (κ2) is 6.21. The van der Waals surface area contributed by atoms with Crippen LogP contribution in [0.2, 0.25) is 0 Å². The van der Waals surface area contributed by atoms with Crippen molar-refractivity contribution < 1.29 is 4.52 Å². The number of aromatic nitrogens is 2. The number of likely N-dealkylation sites (tertiary alicyclic amines) is 1. The molecule has 0 atom stereocenters. The summed E-state index contributed by atoms with van der Waals surface area (Å²) < 4.78 is 5.36. The average Bonchev–Trinajstić information content (AvgIpc) is 3.30. The number of hydrogen-bond donors (Lipinski definition) is 0. The molecule has 0 unspecified atom stereocenters. The first-order chi connectivity index (χ1) is 10.9. The van der Waals surface area contributed by atoms with Gasteiger partial charge in [0.2, 0.25) is 5.89 Å². The molecule has 0 N–H and O–H groups in total. The molecule has 2 fully saturated rings. The van der Waals surface area contributed by atoms with Crippen LogP contribution in [0, 0.1) is 5.92 Å². The quantitative estimate of drug-likeness (QED) is 0.848. The molecule has 0 radical (unpaired) electrons. The van der Waals surface area contributed by atoms with Crippen LogP contribution in [-0.4, -0.2) is 28.1 Å². The van der Waals surface area contributed by atoms with Gasteiger partial charge in [-0.3, -0.25) is 4.90 Å². The van der Waals surface area contributed by atoms with Crippen molar-refractivity contribution in [1.29, 1.82) is 0 Å². The van der Waals surface area contributed by atoms with Crippen LogP contribution in [0.15, 0.2) is 34.9 Å². The molecule has 116 valence electrons. The van der Waals surface area contributed by atoms with Crippen molar-refractivity contribution in [3.05, 3.63) is 47.6 Å². The van der Waals surface area contributed by atoms with E-state index in [1.807, 2.05) is 0 Å². The van der Waals surface area contributed by atoms with Crippen molar-refractivity contribution in [3.63, 3.8) is 0 Å². The van der Waals surface area contributed by atoms with Gasteiger partial charge in [-0.05, 0) is 50.3 Å². The summed E-state index contributed by atoms with van der Waals surface area (Å²) in [5, 5.41) is 4.16. The number of rotatable bonds is 5. The fourth-order valence-corrected chi connectivity index (χ4v) is 3.29. The third-order valence-corrected chi connectivity index (χ3v) is 4.84. The lowest BCUT2D eigenvalue weighted by atomic mass is 9.93. The third kappa shape index (κ3) is 3.38. The van der Waals surface area contributed by atoms with Crippen molar-refractivity contribution >= 4 is 0 Å². The first kappa shape index (κ1) is 13.9. The van der Waals surface area contributed by atoms with Crippen molar-refractivity contribution in [2.45, 2.75) is 44.6 Å². The van der Waals surface area contributed by atoms with E-state index in [-0.39, 0.29) is 0 Å². The van der Waals surface area contributed by atoms with Crippen molar-refractivity contribution in [3.8, 4) is 0 Å². The standard InChI is InChI=1S/C18H23N3O/c1-2-4-15(5-3-1)13-21-10-8-14(9-11-21)12-17-19-18(22-20-17)16-6-7-16/h1-5,14,16H,6-13H2. The fourth-order valence-electron chi connectivity index (χ4n) is 3.29. The van der Waals surface area contributed by atoms with Crippen LogP contribution in [0.1, 0.15) is 48.9 Å². The third-order valence-electron chi connectivity index (χ3n) is 4.84. The minimum atomic E-state index is 0.564. The number of hydrogen-bond acceptors (Lipinski definition) is 4. The normalized spacial score (nSPS) is 20.4. The van der Waals surface area contributed by atoms with Gasteiger partial charge in [0.05, 0.1) is 0 Å². The van der Waals surface area contributed by atoms with Gasteiger partial charge < -0.3 is 4.52 Å². The number of nitrogens with zero attached hydrogens (tertiary/aromatic N) is 3. The molecule has 1 saturated heterocycles. The van der Waals surface area contributed by atoms with E-state index in [0.717, 1.165) is 24.7 Å². The monoisotopic (exact) mass is 297 g/mol. The Morgan fingerprint density at radius 3 is 2.55 bits per heavy atom. The highest BCUT2D eigenvalue weighted by Gasteiger charge is 2.30. The molecule has 0 bridgehead atoms. The molecule has 1 saturated carbocycles. The highest BCUT2D eigenvalue weighted by Crippen LogP contribution is 2.39. The summed E-state index contributed by atoms with van der Waals surface area (Å²) in [6.45, 7) is 3.42. The van der Waals surface area contributed by atoms with Crippen LogP contribution in [-0.2, 0) is 13.0 Å². The molecule has 4 rings (SSSR count). The molecule has 4 heteroatoms. The fraction of sp³-hybridized carbons (Fsp3) is 0.556. The molecule has 0 spiro atoms. The molecule has 1 aliphatic heterocycles. The van der Waals surface area contributed by atoms with Crippen LogP contribution in [0.4, 0.5) is 0 Å². The van der Waals surface area contributed by atoms with Gasteiger partial charge >= 0.3 is 0 Å². The van der Waals surface area contributed by atoms with Crippen molar-refractivity contribution in [1.82, 2.24) is 15.0 Å². The van der Waals surface area contributed by atoms with Crippen LogP contribution in [0.3, 0.4) is 0 Å². The molecule has 22 heavy (non-hydrogen) atoms. The number of piperidine rings is 1. The SMILES string of the molecule is c1ccc(CN2CCC(Cc3noc(C4CC4)n3)CC2)cc1. The molecule has 4 nitrogen and oxygen atoms in total. The van der Waals surface area contributed by atoms with Crippen LogP contribution >= 0.6 is 0 Å². The predicted octanol–water partition coefficient (Wildman–Crippen LogP) is 3.40. The van der Waals surface area contributed by atoms with E-state index in [4.69, 9.17) is 4.52 Å². The van der Waals surface area contributed by atoms with E-state index in [0.29, 0.717) is 11.8 Å². The van der Waals surface area contributed by atoms with E-state index >= 15 is 0 Å². The zero-order valence-corrected chi connectivity index (χ0v) is 12.9. The Morgan fingerprint density at radius 1 is 1.05 bits per heavy atom. The molecular weight excluding hydrogens is 274 g/mol. The van der Waals surface area contributed by atoms with Gasteiger partial charge in [-0.15, -0.1) is 0 Å². The van der Waals surface area contributed by atoms with E-state index in [1.165, 1.54) is 44.3 Å². The van der Waals surface area contributed by atoms with E-state index < -0.39 is 0 Å². The topological polar surface area (TPSA) is 42.2 Å². The zero-order valence-electron chi connectivity index (χ0n) is 12.9. The average molecular weight is 297 g/mol. The van der Waals surface area contributed by atoms with Gasteiger partial charge in [0.1, 0.15) is 0 Å². The smallest absolute Gasteiger partial charge is 0.229 e. The van der Waals surface area contributed by atoms with Crippen LogP contribution in [0.5, 0.6) is 0 Å². The highest BCUT2D eigenvalue weighted by molar-refractivity contribution is 5.14. The van der Waals surface area contributed by atoms with Crippen LogP contribution in [0.25, 0.3) is 0 Å². The maximum atomic E-state index is 5.36. The van der Waals surface area contributed by atoms with Gasteiger partial charge in [-0.25, -0.2) is 0 Å². The summed E-state index contributed by atoms with van der Waals surface area (Å²) in [5.41, 5.74) is 1.41. The Morgan fingerprint density at radius 2 is 1.82 bits per heavy atom. The summed E-state index contributed by atoms with van der Waals surface area (Å²) in [7, 11) is 0. The largest absolute Gasteiger partial charge is 0.339 e. The maximum absolute atomic E-state index is 5.36. The molecule has 1 aliphatic carbocycles. The Balaban J connectivity index is 1.26. The lowest BCUT2D eigenvalue weighted by Gasteiger charge is -2.31. The molecule has 2 heterocycles. The molecule has 0 amide bonds. The zero-order chi connectivity index (χ0) is 14.8. The maximum Gasteiger partial charge on any atom is 0.229 e.